The summed E-state index contributed by atoms with van der Waals surface area (Å²) in [4.78, 5) is 15.6. The summed E-state index contributed by atoms with van der Waals surface area (Å²) >= 11 is 5.08. The van der Waals surface area contributed by atoms with Gasteiger partial charge in [0.15, 0.2) is 5.13 Å². The lowest BCUT2D eigenvalue weighted by atomic mass is 10.2. The van der Waals surface area contributed by atoms with Crippen LogP contribution in [0, 0.1) is 0 Å². The molecule has 2 aromatic rings. The number of carbonyl (C=O) groups is 1. The Morgan fingerprint density at radius 3 is 2.83 bits per heavy atom. The van der Waals surface area contributed by atoms with Crippen molar-refractivity contribution in [2.24, 2.45) is 0 Å². The lowest BCUT2D eigenvalue weighted by molar-refractivity contribution is -0.140. The number of aromatic nitrogens is 1. The van der Waals surface area contributed by atoms with Crippen LogP contribution >= 0.6 is 27.3 Å². The zero-order valence-electron chi connectivity index (χ0n) is 13.8. The molecule has 1 aromatic heterocycles. The van der Waals surface area contributed by atoms with E-state index in [4.69, 9.17) is 4.74 Å². The summed E-state index contributed by atoms with van der Waals surface area (Å²) < 4.78 is 10.8. The van der Waals surface area contributed by atoms with Gasteiger partial charge in [-0.1, -0.05) is 6.42 Å². The molecule has 0 fully saturated rings. The quantitative estimate of drug-likeness (QED) is 0.476. The number of esters is 1. The van der Waals surface area contributed by atoms with Gasteiger partial charge < -0.3 is 14.8 Å². The minimum absolute atomic E-state index is 0.141. The van der Waals surface area contributed by atoms with Crippen LogP contribution < -0.4 is 10.1 Å². The number of unbranched alkanes of at least 4 members (excludes halogenated alkanes) is 2. The average Bonchev–Trinajstić information content (AvgIpc) is 3.06. The average molecular weight is 413 g/mol. The number of nitrogens with one attached hydrogen (secondary N) is 1. The van der Waals surface area contributed by atoms with Crippen molar-refractivity contribution in [3.05, 3.63) is 28.1 Å². The Labute approximate surface area is 154 Å². The standard InChI is InChI=1S/C17H21BrN2O3S/c1-22-15-8-7-12(10-13(15)18)14-11-24-17(20-14)19-9-5-3-4-6-16(21)23-2/h7-8,10-11H,3-6,9H2,1-2H3,(H,19,20). The molecule has 0 radical (unpaired) electrons. The largest absolute Gasteiger partial charge is 0.496 e. The molecule has 0 unspecified atom stereocenters. The van der Waals surface area contributed by atoms with Crippen LogP contribution in [0.2, 0.25) is 0 Å². The maximum absolute atomic E-state index is 11.0. The smallest absolute Gasteiger partial charge is 0.305 e. The van der Waals surface area contributed by atoms with Crippen LogP contribution in [0.1, 0.15) is 25.7 Å². The number of ether oxygens (including phenoxy) is 2. The number of halogens is 1. The Morgan fingerprint density at radius 2 is 2.12 bits per heavy atom. The van der Waals surface area contributed by atoms with E-state index in [1.54, 1.807) is 18.4 Å². The highest BCUT2D eigenvalue weighted by molar-refractivity contribution is 9.10. The Kier molecular flexibility index (Phi) is 7.52. The fraction of sp³-hybridized carbons (Fsp3) is 0.412. The maximum Gasteiger partial charge on any atom is 0.305 e. The Bertz CT molecular complexity index is 676. The fourth-order valence-electron chi connectivity index (χ4n) is 2.18. The Balaban J connectivity index is 1.79. The van der Waals surface area contributed by atoms with E-state index in [-0.39, 0.29) is 5.97 Å². The van der Waals surface area contributed by atoms with Crippen molar-refractivity contribution >= 4 is 38.4 Å². The topological polar surface area (TPSA) is 60.5 Å². The minimum Gasteiger partial charge on any atom is -0.496 e. The molecule has 0 aliphatic heterocycles. The van der Waals surface area contributed by atoms with Crippen molar-refractivity contribution in [2.45, 2.75) is 25.7 Å². The number of anilines is 1. The van der Waals surface area contributed by atoms with Gasteiger partial charge in [0, 0.05) is 23.9 Å². The molecule has 2 rings (SSSR count). The number of carbonyl (C=O) groups excluding carboxylic acids is 1. The first-order chi connectivity index (χ1) is 11.6. The Hall–Kier alpha value is -1.60. The van der Waals surface area contributed by atoms with Crippen LogP contribution in [0.3, 0.4) is 0 Å². The third-order valence-corrected chi connectivity index (χ3v) is 4.93. The van der Waals surface area contributed by atoms with E-state index in [9.17, 15) is 4.79 Å². The number of methoxy groups -OCH3 is 2. The molecule has 0 saturated carbocycles. The van der Waals surface area contributed by atoms with E-state index in [1.165, 1.54) is 7.11 Å². The van der Waals surface area contributed by atoms with Crippen molar-refractivity contribution in [3.63, 3.8) is 0 Å². The molecule has 0 spiro atoms. The molecule has 1 heterocycles. The number of nitrogens with zero attached hydrogens (tertiary/aromatic N) is 1. The summed E-state index contributed by atoms with van der Waals surface area (Å²) in [6.07, 6.45) is 3.34. The minimum atomic E-state index is -0.141. The second kappa shape index (κ2) is 9.64. The molecule has 1 aromatic carbocycles. The third-order valence-electron chi connectivity index (χ3n) is 3.51. The van der Waals surface area contributed by atoms with Gasteiger partial charge in [-0.15, -0.1) is 11.3 Å². The van der Waals surface area contributed by atoms with Gasteiger partial charge in [0.25, 0.3) is 0 Å². The molecular formula is C17H21BrN2O3S. The molecule has 5 nitrogen and oxygen atoms in total. The molecule has 7 heteroatoms. The molecular weight excluding hydrogens is 392 g/mol. The number of rotatable bonds is 9. The van der Waals surface area contributed by atoms with Gasteiger partial charge in [0.1, 0.15) is 5.75 Å². The van der Waals surface area contributed by atoms with Gasteiger partial charge >= 0.3 is 5.97 Å². The van der Waals surface area contributed by atoms with E-state index in [1.807, 2.05) is 23.6 Å². The summed E-state index contributed by atoms with van der Waals surface area (Å²) in [5.41, 5.74) is 1.99. The zero-order chi connectivity index (χ0) is 17.4. The Morgan fingerprint density at radius 1 is 1.29 bits per heavy atom. The van der Waals surface area contributed by atoms with Gasteiger partial charge in [0.2, 0.25) is 0 Å². The first-order valence-electron chi connectivity index (χ1n) is 7.74. The summed E-state index contributed by atoms with van der Waals surface area (Å²) in [6.45, 7) is 0.848. The van der Waals surface area contributed by atoms with Crippen molar-refractivity contribution < 1.29 is 14.3 Å². The predicted octanol–water partition coefficient (Wildman–Crippen LogP) is 4.73. The summed E-state index contributed by atoms with van der Waals surface area (Å²) in [6, 6.07) is 5.92. The number of hydrogen-bond acceptors (Lipinski definition) is 6. The van der Waals surface area contributed by atoms with E-state index in [0.717, 1.165) is 52.4 Å². The molecule has 0 bridgehead atoms. The van der Waals surface area contributed by atoms with Crippen LogP contribution in [-0.2, 0) is 9.53 Å². The van der Waals surface area contributed by atoms with Gasteiger partial charge in [-0.05, 0) is 47.0 Å². The molecule has 0 aliphatic carbocycles. The van der Waals surface area contributed by atoms with Gasteiger partial charge in [-0.2, -0.15) is 0 Å². The third kappa shape index (κ3) is 5.49. The molecule has 0 amide bonds. The zero-order valence-corrected chi connectivity index (χ0v) is 16.2. The number of hydrogen-bond donors (Lipinski definition) is 1. The lowest BCUT2D eigenvalue weighted by Gasteiger charge is -2.04. The van der Waals surface area contributed by atoms with Gasteiger partial charge in [-0.25, -0.2) is 4.98 Å². The molecule has 0 saturated heterocycles. The van der Waals surface area contributed by atoms with Crippen LogP contribution in [0.5, 0.6) is 5.75 Å². The predicted molar refractivity (Wildman–Crippen MR) is 101 cm³/mol. The van der Waals surface area contributed by atoms with E-state index in [2.05, 4.69) is 31.0 Å². The van der Waals surface area contributed by atoms with Crippen LogP contribution in [0.4, 0.5) is 5.13 Å². The van der Waals surface area contributed by atoms with Crippen molar-refractivity contribution in [1.29, 1.82) is 0 Å². The van der Waals surface area contributed by atoms with Crippen LogP contribution in [0.25, 0.3) is 11.3 Å². The highest BCUT2D eigenvalue weighted by atomic mass is 79.9. The normalized spacial score (nSPS) is 10.5. The van der Waals surface area contributed by atoms with E-state index < -0.39 is 0 Å². The molecule has 0 atom stereocenters. The van der Waals surface area contributed by atoms with Crippen molar-refractivity contribution in [1.82, 2.24) is 4.98 Å². The highest BCUT2D eigenvalue weighted by Gasteiger charge is 2.07. The highest BCUT2D eigenvalue weighted by Crippen LogP contribution is 2.31. The van der Waals surface area contributed by atoms with Gasteiger partial charge in [-0.3, -0.25) is 4.79 Å². The van der Waals surface area contributed by atoms with Crippen LogP contribution in [0.15, 0.2) is 28.1 Å². The summed E-state index contributed by atoms with van der Waals surface area (Å²) in [5.74, 6) is 0.664. The monoisotopic (exact) mass is 412 g/mol. The van der Waals surface area contributed by atoms with E-state index >= 15 is 0 Å². The molecule has 0 aliphatic rings. The molecule has 24 heavy (non-hydrogen) atoms. The first kappa shape index (κ1) is 18.7. The van der Waals surface area contributed by atoms with E-state index in [0.29, 0.717) is 6.42 Å². The molecule has 130 valence electrons. The maximum atomic E-state index is 11.0. The molecule has 1 N–H and O–H groups in total. The fourth-order valence-corrected chi connectivity index (χ4v) is 3.47. The first-order valence-corrected chi connectivity index (χ1v) is 9.41. The summed E-state index contributed by atoms with van der Waals surface area (Å²) in [7, 11) is 3.07. The number of thiazole rings is 1. The lowest BCUT2D eigenvalue weighted by Crippen LogP contribution is -2.03. The van der Waals surface area contributed by atoms with Crippen LogP contribution in [-0.4, -0.2) is 31.7 Å². The number of benzene rings is 1. The SMILES string of the molecule is COC(=O)CCCCCNc1nc(-c2ccc(OC)c(Br)c2)cs1. The van der Waals surface area contributed by atoms with Gasteiger partial charge in [0.05, 0.1) is 24.4 Å². The van der Waals surface area contributed by atoms with Crippen molar-refractivity contribution in [3.8, 4) is 17.0 Å². The van der Waals surface area contributed by atoms with Crippen molar-refractivity contribution in [2.75, 3.05) is 26.1 Å². The summed E-state index contributed by atoms with van der Waals surface area (Å²) in [5, 5.41) is 6.27. The second-order valence-corrected chi connectivity index (χ2v) is 6.91. The second-order valence-electron chi connectivity index (χ2n) is 5.20.